The van der Waals surface area contributed by atoms with Crippen molar-refractivity contribution >= 4 is 5.69 Å². The number of nitrogens with zero attached hydrogens (tertiary/aromatic N) is 1. The Balaban J connectivity index is 3.09. The summed E-state index contributed by atoms with van der Waals surface area (Å²) in [7, 11) is 1.65. The van der Waals surface area contributed by atoms with Gasteiger partial charge in [0.25, 0.3) is 0 Å². The Morgan fingerprint density at radius 3 is 2.29 bits per heavy atom. The lowest BCUT2D eigenvalue weighted by Crippen LogP contribution is -2.35. The highest BCUT2D eigenvalue weighted by Gasteiger charge is 2.34. The Labute approximate surface area is 123 Å². The number of hydrogen-bond donors (Lipinski definition) is 2. The van der Waals surface area contributed by atoms with Crippen molar-refractivity contribution in [3.05, 3.63) is 29.3 Å². The van der Waals surface area contributed by atoms with Crippen LogP contribution in [0, 0.1) is 0 Å². The van der Waals surface area contributed by atoms with Crippen molar-refractivity contribution in [3.63, 3.8) is 0 Å². The summed E-state index contributed by atoms with van der Waals surface area (Å²) in [5, 5.41) is 12.0. The van der Waals surface area contributed by atoms with Crippen LogP contribution >= 0.6 is 0 Å². The van der Waals surface area contributed by atoms with E-state index in [9.17, 15) is 13.2 Å². The van der Waals surface area contributed by atoms with E-state index in [2.05, 4.69) is 5.32 Å². The van der Waals surface area contributed by atoms with Gasteiger partial charge in [-0.3, -0.25) is 0 Å². The molecule has 0 spiro atoms. The molecule has 1 aromatic rings. The third-order valence-corrected chi connectivity index (χ3v) is 3.08. The number of hydrogen-bond acceptors (Lipinski definition) is 3. The molecule has 1 rings (SSSR count). The largest absolute Gasteiger partial charge is 0.416 e. The van der Waals surface area contributed by atoms with E-state index in [1.54, 1.807) is 18.0 Å². The maximum Gasteiger partial charge on any atom is 0.416 e. The van der Waals surface area contributed by atoms with Crippen molar-refractivity contribution < 1.29 is 18.3 Å². The molecule has 0 aliphatic heterocycles. The maximum atomic E-state index is 13.2. The average molecular weight is 304 g/mol. The van der Waals surface area contributed by atoms with E-state index in [0.29, 0.717) is 5.69 Å². The van der Waals surface area contributed by atoms with E-state index in [4.69, 9.17) is 5.11 Å². The standard InChI is InChI=1S/C15H23F3N2O/c1-14(2,3)19-10-11-5-6-12(20(4)7-8-21)9-13(11)15(16,17)18/h5-6,9,19,21H,7-8,10H2,1-4H3. The molecule has 1 aromatic carbocycles. The molecule has 0 saturated carbocycles. The number of aliphatic hydroxyl groups is 1. The van der Waals surface area contributed by atoms with Crippen LogP contribution in [0.4, 0.5) is 18.9 Å². The quantitative estimate of drug-likeness (QED) is 0.878. The van der Waals surface area contributed by atoms with E-state index in [1.807, 2.05) is 20.8 Å². The number of alkyl halides is 3. The molecular weight excluding hydrogens is 281 g/mol. The van der Waals surface area contributed by atoms with Crippen LogP contribution in [0.2, 0.25) is 0 Å². The molecule has 2 N–H and O–H groups in total. The van der Waals surface area contributed by atoms with E-state index in [0.717, 1.165) is 6.07 Å². The number of halogens is 3. The Kier molecular flexibility index (Phi) is 5.64. The summed E-state index contributed by atoms with van der Waals surface area (Å²) in [4.78, 5) is 1.59. The summed E-state index contributed by atoms with van der Waals surface area (Å²) in [6, 6.07) is 4.27. The summed E-state index contributed by atoms with van der Waals surface area (Å²) in [5.41, 5.74) is -0.231. The van der Waals surface area contributed by atoms with Crippen LogP contribution in [0.1, 0.15) is 31.9 Å². The number of rotatable bonds is 5. The number of aliphatic hydroxyl groups excluding tert-OH is 1. The summed E-state index contributed by atoms with van der Waals surface area (Å²) in [6.07, 6.45) is -4.40. The normalized spacial score (nSPS) is 12.6. The molecule has 0 aromatic heterocycles. The van der Waals surface area contributed by atoms with Gasteiger partial charge in [0.2, 0.25) is 0 Å². The second kappa shape index (κ2) is 6.66. The number of anilines is 1. The minimum absolute atomic E-state index is 0.106. The molecule has 6 heteroatoms. The van der Waals surface area contributed by atoms with Gasteiger partial charge in [0, 0.05) is 31.4 Å². The summed E-state index contributed by atoms with van der Waals surface area (Å²) >= 11 is 0. The zero-order chi connectivity index (χ0) is 16.3. The van der Waals surface area contributed by atoms with Gasteiger partial charge in [-0.15, -0.1) is 0 Å². The number of likely N-dealkylation sites (N-methyl/N-ethyl adjacent to an activating group) is 1. The lowest BCUT2D eigenvalue weighted by Gasteiger charge is -2.24. The Morgan fingerprint density at radius 2 is 1.81 bits per heavy atom. The van der Waals surface area contributed by atoms with Gasteiger partial charge < -0.3 is 15.3 Å². The first kappa shape index (κ1) is 17.8. The van der Waals surface area contributed by atoms with E-state index in [-0.39, 0.29) is 30.8 Å². The van der Waals surface area contributed by atoms with Gasteiger partial charge in [-0.05, 0) is 38.5 Å². The maximum absolute atomic E-state index is 13.2. The predicted octanol–water partition coefficient (Wildman–Crippen LogP) is 3.02. The van der Waals surface area contributed by atoms with Gasteiger partial charge in [-0.1, -0.05) is 6.07 Å². The number of nitrogens with one attached hydrogen (secondary N) is 1. The third-order valence-electron chi connectivity index (χ3n) is 3.08. The van der Waals surface area contributed by atoms with Crippen LogP contribution in [0.25, 0.3) is 0 Å². The van der Waals surface area contributed by atoms with Gasteiger partial charge >= 0.3 is 6.18 Å². The van der Waals surface area contributed by atoms with Crippen LogP contribution < -0.4 is 10.2 Å². The molecule has 0 aliphatic carbocycles. The summed E-state index contributed by atoms with van der Waals surface area (Å²) < 4.78 is 39.6. The second-order valence-corrected chi connectivity index (χ2v) is 6.09. The van der Waals surface area contributed by atoms with Gasteiger partial charge in [0.05, 0.1) is 12.2 Å². The molecule has 0 saturated heterocycles. The Morgan fingerprint density at radius 1 is 1.19 bits per heavy atom. The zero-order valence-electron chi connectivity index (χ0n) is 12.9. The summed E-state index contributed by atoms with van der Waals surface area (Å²) in [6.45, 7) is 6.06. The molecule has 120 valence electrons. The SMILES string of the molecule is CN(CCO)c1ccc(CNC(C)(C)C)c(C(F)(F)F)c1. The molecule has 0 radical (unpaired) electrons. The second-order valence-electron chi connectivity index (χ2n) is 6.09. The van der Waals surface area contributed by atoms with Crippen LogP contribution in [-0.4, -0.2) is 30.8 Å². The van der Waals surface area contributed by atoms with Gasteiger partial charge in [-0.2, -0.15) is 13.2 Å². The molecule has 21 heavy (non-hydrogen) atoms. The fourth-order valence-corrected chi connectivity index (χ4v) is 1.86. The van der Waals surface area contributed by atoms with Crippen LogP contribution in [0.3, 0.4) is 0 Å². The number of benzene rings is 1. The van der Waals surface area contributed by atoms with Crippen molar-refractivity contribution in [1.29, 1.82) is 0 Å². The minimum atomic E-state index is -4.40. The summed E-state index contributed by atoms with van der Waals surface area (Å²) in [5.74, 6) is 0. The van der Waals surface area contributed by atoms with Crippen molar-refractivity contribution in [3.8, 4) is 0 Å². The molecule has 0 aliphatic rings. The average Bonchev–Trinajstić information content (AvgIpc) is 2.34. The van der Waals surface area contributed by atoms with Crippen LogP contribution in [-0.2, 0) is 12.7 Å². The topological polar surface area (TPSA) is 35.5 Å². The van der Waals surface area contributed by atoms with Gasteiger partial charge in [0.15, 0.2) is 0 Å². The molecule has 0 fully saturated rings. The predicted molar refractivity (Wildman–Crippen MR) is 78.4 cm³/mol. The van der Waals surface area contributed by atoms with Gasteiger partial charge in [-0.25, -0.2) is 0 Å². The Hall–Kier alpha value is -1.27. The Bertz CT molecular complexity index is 467. The van der Waals surface area contributed by atoms with E-state index in [1.165, 1.54) is 6.07 Å². The fourth-order valence-electron chi connectivity index (χ4n) is 1.86. The molecule has 0 unspecified atom stereocenters. The van der Waals surface area contributed by atoms with Crippen molar-refractivity contribution in [2.24, 2.45) is 0 Å². The first-order valence-electron chi connectivity index (χ1n) is 6.82. The highest BCUT2D eigenvalue weighted by atomic mass is 19.4. The third kappa shape index (κ3) is 5.55. The lowest BCUT2D eigenvalue weighted by atomic mass is 10.0. The smallest absolute Gasteiger partial charge is 0.395 e. The van der Waals surface area contributed by atoms with Crippen LogP contribution in [0.5, 0.6) is 0 Å². The molecular formula is C15H23F3N2O. The molecule has 0 amide bonds. The fraction of sp³-hybridized carbons (Fsp3) is 0.600. The molecule has 0 bridgehead atoms. The van der Waals surface area contributed by atoms with Gasteiger partial charge in [0.1, 0.15) is 0 Å². The molecule has 3 nitrogen and oxygen atoms in total. The van der Waals surface area contributed by atoms with E-state index < -0.39 is 11.7 Å². The van der Waals surface area contributed by atoms with Crippen molar-refractivity contribution in [2.75, 3.05) is 25.1 Å². The first-order chi connectivity index (χ1) is 9.54. The lowest BCUT2D eigenvalue weighted by molar-refractivity contribution is -0.138. The highest BCUT2D eigenvalue weighted by molar-refractivity contribution is 5.51. The minimum Gasteiger partial charge on any atom is -0.395 e. The van der Waals surface area contributed by atoms with Crippen molar-refractivity contribution in [1.82, 2.24) is 5.32 Å². The molecule has 0 heterocycles. The highest BCUT2D eigenvalue weighted by Crippen LogP contribution is 2.34. The van der Waals surface area contributed by atoms with Crippen LogP contribution in [0.15, 0.2) is 18.2 Å². The van der Waals surface area contributed by atoms with Crippen molar-refractivity contribution in [2.45, 2.75) is 39.0 Å². The first-order valence-corrected chi connectivity index (χ1v) is 6.82. The van der Waals surface area contributed by atoms with E-state index >= 15 is 0 Å². The monoisotopic (exact) mass is 304 g/mol. The zero-order valence-corrected chi connectivity index (χ0v) is 12.9. The molecule has 0 atom stereocenters.